The molecule has 3 rings (SSSR count). The van der Waals surface area contributed by atoms with Crippen molar-refractivity contribution in [3.05, 3.63) is 53.6 Å². The fourth-order valence-corrected chi connectivity index (χ4v) is 2.76. The molecule has 2 N–H and O–H groups in total. The second-order valence-corrected chi connectivity index (χ2v) is 6.00. The summed E-state index contributed by atoms with van der Waals surface area (Å²) in [4.78, 5) is 24.3. The highest BCUT2D eigenvalue weighted by molar-refractivity contribution is 5.98. The van der Waals surface area contributed by atoms with E-state index in [-0.39, 0.29) is 15.4 Å². The third kappa shape index (κ3) is 6.14. The van der Waals surface area contributed by atoms with Gasteiger partial charge in [-0.3, -0.25) is 9.79 Å². The summed E-state index contributed by atoms with van der Waals surface area (Å²) in [5.41, 5.74) is 5.73. The Labute approximate surface area is 182 Å². The van der Waals surface area contributed by atoms with E-state index in [1.165, 1.54) is 6.33 Å². The summed E-state index contributed by atoms with van der Waals surface area (Å²) in [5, 5.41) is 6.09. The van der Waals surface area contributed by atoms with Crippen molar-refractivity contribution in [1.82, 2.24) is 15.3 Å². The molecule has 1 aliphatic rings. The quantitative estimate of drug-likeness (QED) is 0.681. The van der Waals surface area contributed by atoms with Crippen LogP contribution < -0.4 is 15.4 Å². The lowest BCUT2D eigenvalue weighted by Gasteiger charge is -2.19. The van der Waals surface area contributed by atoms with E-state index in [4.69, 9.17) is 4.74 Å². The number of nitrogens with zero attached hydrogens (tertiary/aromatic N) is 3. The number of hydrogen-bond donors (Lipinski definition) is 2. The molecule has 0 saturated carbocycles. The molecular formula is C23H37N5O2. The first-order valence-electron chi connectivity index (χ1n) is 10.2. The maximum absolute atomic E-state index is 11.4. The van der Waals surface area contributed by atoms with E-state index in [0.29, 0.717) is 23.7 Å². The number of aliphatic imine (C=N–C) groups is 1. The number of nitrogens with one attached hydrogen (secondary N) is 2. The molecule has 1 amide bonds. The van der Waals surface area contributed by atoms with E-state index in [1.54, 1.807) is 7.05 Å². The van der Waals surface area contributed by atoms with Crippen LogP contribution in [0.15, 0.2) is 36.1 Å². The number of rotatable bonds is 5. The third-order valence-corrected chi connectivity index (χ3v) is 4.23. The highest BCUT2D eigenvalue weighted by Gasteiger charge is 2.16. The Kier molecular flexibility index (Phi) is 10.2. The van der Waals surface area contributed by atoms with Crippen LogP contribution in [0.25, 0.3) is 5.70 Å². The maximum Gasteiger partial charge on any atom is 0.262 e. The normalized spacial score (nSPS) is 12.1. The third-order valence-electron chi connectivity index (χ3n) is 4.23. The first-order chi connectivity index (χ1) is 14.5. The molecule has 1 aromatic carbocycles. The SMILES string of the molecule is C=C(NCc1ccc2c(c1)NC(=O)CO2)c1ncnc(C(C)=NC)c1C.CC.CC.[HH].[HH]. The summed E-state index contributed by atoms with van der Waals surface area (Å²) < 4.78 is 5.37. The van der Waals surface area contributed by atoms with Gasteiger partial charge in [-0.1, -0.05) is 40.3 Å². The summed E-state index contributed by atoms with van der Waals surface area (Å²) in [6.45, 7) is 16.6. The molecule has 1 aliphatic heterocycles. The number of carbonyl (C=O) groups is 1. The monoisotopic (exact) mass is 415 g/mol. The molecule has 30 heavy (non-hydrogen) atoms. The zero-order valence-electron chi connectivity index (χ0n) is 19.1. The zero-order valence-corrected chi connectivity index (χ0v) is 19.1. The number of hydrogen-bond acceptors (Lipinski definition) is 6. The smallest absolute Gasteiger partial charge is 0.262 e. The second-order valence-electron chi connectivity index (χ2n) is 6.00. The average Bonchev–Trinajstić information content (AvgIpc) is 2.79. The zero-order chi connectivity index (χ0) is 22.7. The number of fused-ring (bicyclic) bond motifs is 1. The highest BCUT2D eigenvalue weighted by atomic mass is 16.5. The first-order valence-corrected chi connectivity index (χ1v) is 10.2. The largest absolute Gasteiger partial charge is 0.482 e. The van der Waals surface area contributed by atoms with Crippen LogP contribution in [0.1, 0.15) is 60.0 Å². The van der Waals surface area contributed by atoms with E-state index < -0.39 is 0 Å². The van der Waals surface area contributed by atoms with Crippen LogP contribution in [0, 0.1) is 6.92 Å². The summed E-state index contributed by atoms with van der Waals surface area (Å²) in [6, 6.07) is 5.69. The van der Waals surface area contributed by atoms with Gasteiger partial charge in [-0.05, 0) is 31.5 Å². The Morgan fingerprint density at radius 1 is 1.27 bits per heavy atom. The summed E-state index contributed by atoms with van der Waals surface area (Å²) in [5.74, 6) is 0.530. The molecule has 166 valence electrons. The number of benzene rings is 1. The molecule has 0 atom stereocenters. The number of carbonyl (C=O) groups excluding carboxylic acids is 1. The van der Waals surface area contributed by atoms with Gasteiger partial charge in [0.15, 0.2) is 6.61 Å². The van der Waals surface area contributed by atoms with Gasteiger partial charge < -0.3 is 15.4 Å². The summed E-state index contributed by atoms with van der Waals surface area (Å²) >= 11 is 0. The van der Waals surface area contributed by atoms with Crippen molar-refractivity contribution >= 4 is 23.0 Å². The molecule has 2 aromatic rings. The molecule has 0 unspecified atom stereocenters. The molecule has 0 fully saturated rings. The highest BCUT2D eigenvalue weighted by Crippen LogP contribution is 2.28. The minimum atomic E-state index is -0.149. The maximum atomic E-state index is 11.4. The fraction of sp³-hybridized carbons (Fsp3) is 0.391. The first kappa shape index (κ1) is 24.8. The van der Waals surface area contributed by atoms with E-state index in [2.05, 4.69) is 32.2 Å². The van der Waals surface area contributed by atoms with Gasteiger partial charge >= 0.3 is 0 Å². The Balaban J connectivity index is 0. The minimum Gasteiger partial charge on any atom is -0.482 e. The van der Waals surface area contributed by atoms with Gasteiger partial charge in [-0.15, -0.1) is 0 Å². The lowest BCUT2D eigenvalue weighted by molar-refractivity contribution is -0.118. The molecular weight excluding hydrogens is 378 g/mol. The fourth-order valence-electron chi connectivity index (χ4n) is 2.76. The van der Waals surface area contributed by atoms with Crippen molar-refractivity contribution in [1.29, 1.82) is 0 Å². The molecule has 0 bridgehead atoms. The summed E-state index contributed by atoms with van der Waals surface area (Å²) in [6.07, 6.45) is 1.52. The van der Waals surface area contributed by atoms with Gasteiger partial charge in [-0.2, -0.15) is 0 Å². The van der Waals surface area contributed by atoms with Crippen molar-refractivity contribution in [3.63, 3.8) is 0 Å². The molecule has 7 heteroatoms. The van der Waals surface area contributed by atoms with Gasteiger partial charge in [0.1, 0.15) is 12.1 Å². The molecule has 0 aliphatic carbocycles. The molecule has 0 radical (unpaired) electrons. The predicted molar refractivity (Wildman–Crippen MR) is 128 cm³/mol. The van der Waals surface area contributed by atoms with Crippen molar-refractivity contribution in [2.24, 2.45) is 4.99 Å². The lowest BCUT2D eigenvalue weighted by Crippen LogP contribution is -2.25. The number of amides is 1. The molecule has 0 saturated heterocycles. The van der Waals surface area contributed by atoms with Crippen molar-refractivity contribution in [2.75, 3.05) is 19.0 Å². The Morgan fingerprint density at radius 3 is 2.60 bits per heavy atom. The Morgan fingerprint density at radius 2 is 1.93 bits per heavy atom. The van der Waals surface area contributed by atoms with Gasteiger partial charge in [0.25, 0.3) is 5.91 Å². The van der Waals surface area contributed by atoms with Crippen LogP contribution in [-0.4, -0.2) is 35.2 Å². The summed E-state index contributed by atoms with van der Waals surface area (Å²) in [7, 11) is 1.74. The van der Waals surface area contributed by atoms with Crippen molar-refractivity contribution in [3.8, 4) is 5.75 Å². The topological polar surface area (TPSA) is 88.5 Å². The number of ether oxygens (including phenoxy) is 1. The van der Waals surface area contributed by atoms with E-state index in [0.717, 1.165) is 28.2 Å². The van der Waals surface area contributed by atoms with Gasteiger partial charge in [0, 0.05) is 22.0 Å². The van der Waals surface area contributed by atoms with Crippen LogP contribution in [0.2, 0.25) is 0 Å². The van der Waals surface area contributed by atoms with Gasteiger partial charge in [0.05, 0.1) is 28.5 Å². The molecule has 7 nitrogen and oxygen atoms in total. The van der Waals surface area contributed by atoms with E-state index in [9.17, 15) is 4.79 Å². The van der Waals surface area contributed by atoms with Crippen LogP contribution in [0.4, 0.5) is 5.69 Å². The Bertz CT molecular complexity index is 917. The van der Waals surface area contributed by atoms with Crippen LogP contribution >= 0.6 is 0 Å². The second kappa shape index (κ2) is 12.4. The van der Waals surface area contributed by atoms with Gasteiger partial charge in [-0.25, -0.2) is 9.97 Å². The van der Waals surface area contributed by atoms with Crippen molar-refractivity contribution in [2.45, 2.75) is 48.1 Å². The van der Waals surface area contributed by atoms with Crippen LogP contribution in [0.5, 0.6) is 5.75 Å². The Hall–Kier alpha value is -3.22. The van der Waals surface area contributed by atoms with Crippen LogP contribution in [0.3, 0.4) is 0 Å². The van der Waals surface area contributed by atoms with E-state index >= 15 is 0 Å². The average molecular weight is 416 g/mol. The van der Waals surface area contributed by atoms with Crippen molar-refractivity contribution < 1.29 is 12.4 Å². The lowest BCUT2D eigenvalue weighted by atomic mass is 10.1. The molecule has 0 spiro atoms. The van der Waals surface area contributed by atoms with Gasteiger partial charge in [0.2, 0.25) is 0 Å². The van der Waals surface area contributed by atoms with E-state index in [1.807, 2.05) is 59.7 Å². The number of aromatic nitrogens is 2. The number of anilines is 1. The standard InChI is InChI=1S/C19H21N5O2.2C2H6.2H2/c1-11-18(12(2)20-4)22-10-23-19(11)13(3)21-8-14-5-6-16-15(7-14)24-17(25)9-26-16;2*1-2;;/h5-7,10,21H,3,8-9H2,1-2,4H3,(H,24,25);2*1-2H3;2*1H. The predicted octanol–water partition coefficient (Wildman–Crippen LogP) is 4.86. The minimum absolute atomic E-state index is 0. The molecule has 2 heterocycles. The van der Waals surface area contributed by atoms with Crippen LogP contribution in [-0.2, 0) is 11.3 Å². The molecule has 1 aromatic heterocycles.